The predicted octanol–water partition coefficient (Wildman–Crippen LogP) is 1.72. The summed E-state index contributed by atoms with van der Waals surface area (Å²) in [6.45, 7) is 3.73. The van der Waals surface area contributed by atoms with E-state index in [1.807, 2.05) is 11.0 Å². The Hall–Kier alpha value is -2.54. The highest BCUT2D eigenvalue weighted by molar-refractivity contribution is 5.88. The van der Waals surface area contributed by atoms with E-state index in [0.717, 1.165) is 18.8 Å². The van der Waals surface area contributed by atoms with Crippen molar-refractivity contribution in [1.82, 2.24) is 14.9 Å². The van der Waals surface area contributed by atoms with Crippen LogP contribution in [0.15, 0.2) is 36.7 Å². The first-order valence-electron chi connectivity index (χ1n) is 7.78. The molecule has 0 atom stereocenters. The van der Waals surface area contributed by atoms with Crippen LogP contribution in [0, 0.1) is 5.82 Å². The number of hydrogen-bond donors (Lipinski definition) is 0. The number of anilines is 1. The number of methoxy groups -OCH3 is 1. The first-order chi connectivity index (χ1) is 11.7. The summed E-state index contributed by atoms with van der Waals surface area (Å²) >= 11 is 0. The van der Waals surface area contributed by atoms with Gasteiger partial charge in [0.25, 0.3) is 0 Å². The van der Waals surface area contributed by atoms with Crippen LogP contribution >= 0.6 is 0 Å². The van der Waals surface area contributed by atoms with Gasteiger partial charge in [-0.05, 0) is 24.3 Å². The maximum Gasteiger partial charge on any atom is 0.339 e. The van der Waals surface area contributed by atoms with Crippen LogP contribution in [-0.4, -0.2) is 54.1 Å². The predicted molar refractivity (Wildman–Crippen MR) is 87.3 cm³/mol. The van der Waals surface area contributed by atoms with Gasteiger partial charge in [-0.1, -0.05) is 0 Å². The quantitative estimate of drug-likeness (QED) is 0.796. The summed E-state index contributed by atoms with van der Waals surface area (Å²) in [7, 11) is 1.35. The molecule has 3 heterocycles. The third-order valence-corrected chi connectivity index (χ3v) is 4.04. The Balaban J connectivity index is 1.56. The van der Waals surface area contributed by atoms with Crippen molar-refractivity contribution in [3.63, 3.8) is 0 Å². The van der Waals surface area contributed by atoms with Gasteiger partial charge in [-0.25, -0.2) is 14.2 Å². The van der Waals surface area contributed by atoms with E-state index in [9.17, 15) is 9.18 Å². The smallest absolute Gasteiger partial charge is 0.339 e. The molecule has 6 nitrogen and oxygen atoms in total. The summed E-state index contributed by atoms with van der Waals surface area (Å²) in [4.78, 5) is 24.0. The molecule has 0 saturated carbocycles. The Morgan fingerprint density at radius 1 is 1.21 bits per heavy atom. The standard InChI is InChI=1S/C17H19FN4O2/c1-24-17(23)13-4-5-14(20-11-13)12-21-7-9-22(10-8-21)16-15(18)3-2-6-19-16/h2-6,11H,7-10,12H2,1H3. The molecule has 0 radical (unpaired) electrons. The van der Waals surface area contributed by atoms with Crippen molar-refractivity contribution in [2.45, 2.75) is 6.54 Å². The van der Waals surface area contributed by atoms with Crippen LogP contribution in [0.4, 0.5) is 10.2 Å². The fourth-order valence-electron chi connectivity index (χ4n) is 2.71. The number of ether oxygens (including phenoxy) is 1. The number of pyridine rings is 2. The summed E-state index contributed by atoms with van der Waals surface area (Å²) in [5.41, 5.74) is 1.33. The first-order valence-corrected chi connectivity index (χ1v) is 7.78. The second-order valence-electron chi connectivity index (χ2n) is 5.60. The molecule has 7 heteroatoms. The van der Waals surface area contributed by atoms with Gasteiger partial charge in [-0.15, -0.1) is 0 Å². The van der Waals surface area contributed by atoms with Crippen molar-refractivity contribution in [2.75, 3.05) is 38.2 Å². The molecule has 0 amide bonds. The van der Waals surface area contributed by atoms with Gasteiger partial charge in [-0.2, -0.15) is 0 Å². The molecule has 1 fully saturated rings. The van der Waals surface area contributed by atoms with E-state index in [1.54, 1.807) is 18.3 Å². The highest BCUT2D eigenvalue weighted by Gasteiger charge is 2.20. The zero-order valence-electron chi connectivity index (χ0n) is 13.5. The Labute approximate surface area is 139 Å². The van der Waals surface area contributed by atoms with E-state index in [2.05, 4.69) is 19.6 Å². The van der Waals surface area contributed by atoms with Crippen LogP contribution < -0.4 is 4.90 Å². The largest absolute Gasteiger partial charge is 0.465 e. The maximum absolute atomic E-state index is 13.8. The monoisotopic (exact) mass is 330 g/mol. The average molecular weight is 330 g/mol. The fraction of sp³-hybridized carbons (Fsp3) is 0.353. The van der Waals surface area contributed by atoms with Gasteiger partial charge in [0, 0.05) is 45.1 Å². The van der Waals surface area contributed by atoms with E-state index >= 15 is 0 Å². The van der Waals surface area contributed by atoms with Crippen molar-refractivity contribution in [3.05, 3.63) is 53.7 Å². The van der Waals surface area contributed by atoms with E-state index in [4.69, 9.17) is 0 Å². The number of piperazine rings is 1. The molecular formula is C17H19FN4O2. The molecule has 3 rings (SSSR count). The summed E-state index contributed by atoms with van der Waals surface area (Å²) in [5.74, 6) is -0.260. The number of carbonyl (C=O) groups excluding carboxylic acids is 1. The Morgan fingerprint density at radius 3 is 2.62 bits per heavy atom. The number of hydrogen-bond acceptors (Lipinski definition) is 6. The number of aromatic nitrogens is 2. The molecule has 0 bridgehead atoms. The molecule has 0 aromatic carbocycles. The topological polar surface area (TPSA) is 58.6 Å². The molecular weight excluding hydrogens is 311 g/mol. The minimum atomic E-state index is -0.389. The van der Waals surface area contributed by atoms with Crippen molar-refractivity contribution < 1.29 is 13.9 Å². The lowest BCUT2D eigenvalue weighted by molar-refractivity contribution is 0.0600. The minimum absolute atomic E-state index is 0.286. The number of rotatable bonds is 4. The van der Waals surface area contributed by atoms with Gasteiger partial charge in [0.05, 0.1) is 18.4 Å². The number of carbonyl (C=O) groups is 1. The summed E-state index contributed by atoms with van der Waals surface area (Å²) in [5, 5.41) is 0. The van der Waals surface area contributed by atoms with Crippen LogP contribution in [0.25, 0.3) is 0 Å². The summed E-state index contributed by atoms with van der Waals surface area (Å²) in [6.07, 6.45) is 3.14. The minimum Gasteiger partial charge on any atom is -0.465 e. The number of esters is 1. The second-order valence-corrected chi connectivity index (χ2v) is 5.60. The Morgan fingerprint density at radius 2 is 2.00 bits per heavy atom. The van der Waals surface area contributed by atoms with E-state index in [1.165, 1.54) is 19.4 Å². The molecule has 0 unspecified atom stereocenters. The fourth-order valence-corrected chi connectivity index (χ4v) is 2.71. The number of nitrogens with zero attached hydrogens (tertiary/aromatic N) is 4. The van der Waals surface area contributed by atoms with E-state index in [0.29, 0.717) is 31.0 Å². The normalized spacial score (nSPS) is 15.3. The molecule has 2 aromatic rings. The van der Waals surface area contributed by atoms with E-state index in [-0.39, 0.29) is 11.8 Å². The maximum atomic E-state index is 13.8. The average Bonchev–Trinajstić information content (AvgIpc) is 2.63. The molecule has 1 saturated heterocycles. The highest BCUT2D eigenvalue weighted by Crippen LogP contribution is 2.17. The van der Waals surface area contributed by atoms with Crippen LogP contribution in [0.5, 0.6) is 0 Å². The summed E-state index contributed by atoms with van der Waals surface area (Å²) < 4.78 is 18.4. The molecule has 126 valence electrons. The third kappa shape index (κ3) is 3.68. The van der Waals surface area contributed by atoms with Crippen LogP contribution in [0.1, 0.15) is 16.1 Å². The Bertz CT molecular complexity index is 700. The molecule has 0 aliphatic carbocycles. The zero-order chi connectivity index (χ0) is 16.9. The SMILES string of the molecule is COC(=O)c1ccc(CN2CCN(c3ncccc3F)CC2)nc1. The molecule has 1 aliphatic heterocycles. The third-order valence-electron chi connectivity index (χ3n) is 4.04. The summed E-state index contributed by atoms with van der Waals surface area (Å²) in [6, 6.07) is 6.57. The lowest BCUT2D eigenvalue weighted by Gasteiger charge is -2.35. The van der Waals surface area contributed by atoms with Gasteiger partial charge in [0.1, 0.15) is 0 Å². The number of halogens is 1. The lowest BCUT2D eigenvalue weighted by Crippen LogP contribution is -2.46. The molecule has 1 aliphatic rings. The van der Waals surface area contributed by atoms with Crippen molar-refractivity contribution in [2.24, 2.45) is 0 Å². The van der Waals surface area contributed by atoms with Crippen molar-refractivity contribution >= 4 is 11.8 Å². The zero-order valence-corrected chi connectivity index (χ0v) is 13.5. The second kappa shape index (κ2) is 7.35. The van der Waals surface area contributed by atoms with E-state index < -0.39 is 0 Å². The highest BCUT2D eigenvalue weighted by atomic mass is 19.1. The van der Waals surface area contributed by atoms with Gasteiger partial charge in [-0.3, -0.25) is 9.88 Å². The van der Waals surface area contributed by atoms with Gasteiger partial charge >= 0.3 is 5.97 Å². The van der Waals surface area contributed by atoms with Crippen LogP contribution in [-0.2, 0) is 11.3 Å². The Kier molecular flexibility index (Phi) is 5.00. The van der Waals surface area contributed by atoms with Crippen LogP contribution in [0.2, 0.25) is 0 Å². The molecule has 0 spiro atoms. The first kappa shape index (κ1) is 16.3. The molecule has 0 N–H and O–H groups in total. The van der Waals surface area contributed by atoms with Gasteiger partial charge in [0.2, 0.25) is 0 Å². The lowest BCUT2D eigenvalue weighted by atomic mass is 10.2. The molecule has 2 aromatic heterocycles. The molecule has 24 heavy (non-hydrogen) atoms. The van der Waals surface area contributed by atoms with Crippen LogP contribution in [0.3, 0.4) is 0 Å². The van der Waals surface area contributed by atoms with Crippen molar-refractivity contribution in [1.29, 1.82) is 0 Å². The van der Waals surface area contributed by atoms with Gasteiger partial charge in [0.15, 0.2) is 11.6 Å². The van der Waals surface area contributed by atoms with Gasteiger partial charge < -0.3 is 9.64 Å². The van der Waals surface area contributed by atoms with Crippen molar-refractivity contribution in [3.8, 4) is 0 Å².